The lowest BCUT2D eigenvalue weighted by atomic mass is 9.83. The molecule has 3 heterocycles. The van der Waals surface area contributed by atoms with Crippen LogP contribution in [0.25, 0.3) is 0 Å². The molecule has 3 atom stereocenters. The Bertz CT molecular complexity index is 974. The molecule has 242 valence electrons. The Morgan fingerprint density at radius 1 is 1.05 bits per heavy atom. The van der Waals surface area contributed by atoms with Gasteiger partial charge in [-0.25, -0.2) is 4.39 Å². The number of nitrogens with zero attached hydrogens (tertiary/aromatic N) is 2. The fourth-order valence-electron chi connectivity index (χ4n) is 6.49. The van der Waals surface area contributed by atoms with Crippen molar-refractivity contribution in [2.75, 3.05) is 58.2 Å². The maximum absolute atomic E-state index is 14.9. The van der Waals surface area contributed by atoms with Gasteiger partial charge < -0.3 is 15.0 Å². The third-order valence-electron chi connectivity index (χ3n) is 9.22. The van der Waals surface area contributed by atoms with E-state index in [1.54, 1.807) is 4.90 Å². The number of carbonyl (C=O) groups excluding carboxylic acids is 2. The molecule has 4 rings (SSSR count). The Labute approximate surface area is 254 Å². The summed E-state index contributed by atoms with van der Waals surface area (Å²) >= 11 is 6.15. The third-order valence-corrected chi connectivity index (χ3v) is 10.3. The summed E-state index contributed by atoms with van der Waals surface area (Å²) in [4.78, 5) is 28.9. The normalized spacial score (nSPS) is 30.2. The lowest BCUT2D eigenvalue weighted by molar-refractivity contribution is -0.144. The zero-order valence-corrected chi connectivity index (χ0v) is 26.1. The minimum absolute atomic E-state index is 0.0861. The number of alkyl halides is 2. The number of unbranched alkanes of at least 4 members (excludes halogenated alkanes) is 1. The summed E-state index contributed by atoms with van der Waals surface area (Å²) in [6, 6.07) is 0. The molecular formula is C28H49ClFN5O6S. The predicted octanol–water partition coefficient (Wildman–Crippen LogP) is 1.72. The summed E-state index contributed by atoms with van der Waals surface area (Å²) in [7, 11) is -3.98. The highest BCUT2D eigenvalue weighted by molar-refractivity contribution is 7.85. The SMILES string of the molecule is O=C(NCCCCS(=O)(=O)O)C1CN(C(=O)CC2CCC(OCCCC3CCN(C4NCC(Cl)CN4)CC3)CC2F)C1. The van der Waals surface area contributed by atoms with Crippen molar-refractivity contribution < 1.29 is 31.7 Å². The van der Waals surface area contributed by atoms with Crippen LogP contribution in [-0.2, 0) is 24.4 Å². The van der Waals surface area contributed by atoms with Crippen molar-refractivity contribution in [3.8, 4) is 0 Å². The van der Waals surface area contributed by atoms with Crippen molar-refractivity contribution in [1.82, 2.24) is 25.8 Å². The van der Waals surface area contributed by atoms with E-state index >= 15 is 0 Å². The number of hydrogen-bond acceptors (Lipinski definition) is 8. The van der Waals surface area contributed by atoms with Gasteiger partial charge in [0.25, 0.3) is 10.1 Å². The highest BCUT2D eigenvalue weighted by Crippen LogP contribution is 2.33. The third kappa shape index (κ3) is 10.8. The van der Waals surface area contributed by atoms with Crippen LogP contribution in [0, 0.1) is 17.8 Å². The van der Waals surface area contributed by atoms with Gasteiger partial charge in [0.15, 0.2) is 0 Å². The van der Waals surface area contributed by atoms with Gasteiger partial charge in [-0.2, -0.15) is 8.42 Å². The Morgan fingerprint density at radius 2 is 1.76 bits per heavy atom. The van der Waals surface area contributed by atoms with Crippen molar-refractivity contribution >= 4 is 33.5 Å². The van der Waals surface area contributed by atoms with Crippen molar-refractivity contribution in [2.24, 2.45) is 17.8 Å². The van der Waals surface area contributed by atoms with E-state index in [1.165, 1.54) is 12.8 Å². The number of hydrogen-bond donors (Lipinski definition) is 4. The Balaban J connectivity index is 1.01. The predicted molar refractivity (Wildman–Crippen MR) is 158 cm³/mol. The molecule has 3 aliphatic heterocycles. The number of ether oxygens (including phenoxy) is 1. The van der Waals surface area contributed by atoms with Gasteiger partial charge in [0.1, 0.15) is 12.5 Å². The summed E-state index contributed by atoms with van der Waals surface area (Å²) < 4.78 is 51.2. The number of halogens is 2. The smallest absolute Gasteiger partial charge is 0.264 e. The van der Waals surface area contributed by atoms with Gasteiger partial charge in [-0.05, 0) is 63.2 Å². The van der Waals surface area contributed by atoms with E-state index < -0.39 is 16.3 Å². The van der Waals surface area contributed by atoms with Gasteiger partial charge >= 0.3 is 0 Å². The number of likely N-dealkylation sites (tertiary alicyclic amines) is 2. The van der Waals surface area contributed by atoms with Crippen LogP contribution in [0.15, 0.2) is 0 Å². The summed E-state index contributed by atoms with van der Waals surface area (Å²) in [5, 5.41) is 9.83. The van der Waals surface area contributed by atoms with Crippen LogP contribution in [0.5, 0.6) is 0 Å². The fraction of sp³-hybridized carbons (Fsp3) is 0.929. The van der Waals surface area contributed by atoms with Gasteiger partial charge in [0.2, 0.25) is 11.8 Å². The molecule has 0 bridgehead atoms. The zero-order valence-electron chi connectivity index (χ0n) is 24.5. The van der Waals surface area contributed by atoms with Crippen molar-refractivity contribution in [2.45, 2.75) is 88.2 Å². The molecule has 0 aromatic heterocycles. The molecule has 0 aromatic carbocycles. The Kier molecular flexibility index (Phi) is 13.1. The number of amides is 2. The van der Waals surface area contributed by atoms with E-state index in [2.05, 4.69) is 20.9 Å². The van der Waals surface area contributed by atoms with E-state index in [4.69, 9.17) is 20.9 Å². The van der Waals surface area contributed by atoms with Crippen LogP contribution in [0.2, 0.25) is 0 Å². The number of piperidine rings is 1. The standard InChI is InChI=1S/C28H49ClFN5O6S/c29-23-16-32-28(33-17-23)34-10-7-20(8-11-34)4-3-12-41-24-6-5-21(25(30)15-24)14-26(36)35-18-22(19-35)27(37)31-9-1-2-13-42(38,39)40/h20-25,28,32-33H,1-19H2,(H,31,37)(H,38,39,40). The summed E-state index contributed by atoms with van der Waals surface area (Å²) in [6.07, 6.45) is 6.16. The maximum Gasteiger partial charge on any atom is 0.264 e. The molecule has 0 spiro atoms. The number of rotatable bonds is 14. The van der Waals surface area contributed by atoms with Crippen LogP contribution in [0.4, 0.5) is 4.39 Å². The lowest BCUT2D eigenvalue weighted by Gasteiger charge is -2.41. The average Bonchev–Trinajstić information content (AvgIpc) is 2.92. The van der Waals surface area contributed by atoms with E-state index in [9.17, 15) is 22.4 Å². The molecule has 3 unspecified atom stereocenters. The minimum Gasteiger partial charge on any atom is -0.378 e. The van der Waals surface area contributed by atoms with Crippen molar-refractivity contribution in [3.63, 3.8) is 0 Å². The van der Waals surface area contributed by atoms with Gasteiger partial charge in [0, 0.05) is 65.3 Å². The number of nitrogens with one attached hydrogen (secondary N) is 3. The van der Waals surface area contributed by atoms with E-state index in [1.807, 2.05) is 0 Å². The molecule has 1 aliphatic carbocycles. The van der Waals surface area contributed by atoms with Crippen molar-refractivity contribution in [1.29, 1.82) is 0 Å². The molecule has 0 radical (unpaired) electrons. The van der Waals surface area contributed by atoms with Crippen molar-refractivity contribution in [3.05, 3.63) is 0 Å². The second-order valence-corrected chi connectivity index (χ2v) is 14.7. The molecule has 0 aromatic rings. The second kappa shape index (κ2) is 16.3. The first kappa shape index (κ1) is 33.8. The first-order chi connectivity index (χ1) is 20.1. The second-order valence-electron chi connectivity index (χ2n) is 12.5. The van der Waals surface area contributed by atoms with Crippen LogP contribution in [0.1, 0.15) is 64.2 Å². The highest BCUT2D eigenvalue weighted by atomic mass is 35.5. The number of carbonyl (C=O) groups is 2. The molecule has 11 nitrogen and oxygen atoms in total. The molecule has 4 aliphatic rings. The van der Waals surface area contributed by atoms with Crippen LogP contribution >= 0.6 is 11.6 Å². The fourth-order valence-corrected chi connectivity index (χ4v) is 7.24. The van der Waals surface area contributed by atoms with Gasteiger partial charge in [0.05, 0.1) is 23.2 Å². The summed E-state index contributed by atoms with van der Waals surface area (Å²) in [5.74, 6) is -0.499. The van der Waals surface area contributed by atoms with Crippen LogP contribution < -0.4 is 16.0 Å². The lowest BCUT2D eigenvalue weighted by Crippen LogP contribution is -2.62. The summed E-state index contributed by atoms with van der Waals surface area (Å²) in [6.45, 7) is 5.44. The molecular weight excluding hydrogens is 589 g/mol. The largest absolute Gasteiger partial charge is 0.378 e. The van der Waals surface area contributed by atoms with E-state index in [-0.39, 0.29) is 60.0 Å². The zero-order chi connectivity index (χ0) is 30.1. The maximum atomic E-state index is 14.9. The van der Waals surface area contributed by atoms with E-state index in [0.29, 0.717) is 51.4 Å². The highest BCUT2D eigenvalue weighted by Gasteiger charge is 2.39. The molecule has 2 amide bonds. The Hall–Kier alpha value is -1.09. The van der Waals surface area contributed by atoms with E-state index in [0.717, 1.165) is 45.4 Å². The topological polar surface area (TPSA) is 140 Å². The average molecular weight is 638 g/mol. The quantitative estimate of drug-likeness (QED) is 0.127. The molecule has 42 heavy (non-hydrogen) atoms. The Morgan fingerprint density at radius 3 is 2.43 bits per heavy atom. The van der Waals surface area contributed by atoms with Gasteiger partial charge in [-0.1, -0.05) is 0 Å². The van der Waals surface area contributed by atoms with Gasteiger partial charge in [-0.15, -0.1) is 11.6 Å². The molecule has 3 saturated heterocycles. The molecule has 1 saturated carbocycles. The molecule has 14 heteroatoms. The first-order valence-electron chi connectivity index (χ1n) is 15.7. The molecule has 4 N–H and O–H groups in total. The summed E-state index contributed by atoms with van der Waals surface area (Å²) in [5.41, 5.74) is 0. The minimum atomic E-state index is -3.98. The van der Waals surface area contributed by atoms with Gasteiger partial charge in [-0.3, -0.25) is 29.7 Å². The monoisotopic (exact) mass is 637 g/mol. The van der Waals surface area contributed by atoms with Crippen LogP contribution in [-0.4, -0.2) is 117 Å². The molecule has 4 fully saturated rings. The first-order valence-corrected chi connectivity index (χ1v) is 17.7. The van der Waals surface area contributed by atoms with Crippen LogP contribution in [0.3, 0.4) is 0 Å².